The molecule has 8 heteroatoms. The van der Waals surface area contributed by atoms with Crippen LogP contribution in [-0.4, -0.2) is 25.2 Å². The molecule has 0 bridgehead atoms. The molecule has 3 rings (SSSR count). The summed E-state index contributed by atoms with van der Waals surface area (Å²) in [6.45, 7) is 1.52. The van der Waals surface area contributed by atoms with Crippen LogP contribution in [-0.2, 0) is 10.0 Å². The highest BCUT2D eigenvalue weighted by molar-refractivity contribution is 7.92. The zero-order valence-corrected chi connectivity index (χ0v) is 15.3. The maximum atomic E-state index is 12.1. The quantitative estimate of drug-likeness (QED) is 0.507. The van der Waals surface area contributed by atoms with Crippen molar-refractivity contribution in [1.82, 2.24) is 0 Å². The number of azo groups is 1. The largest absolute Gasteiger partial charge is 0.505 e. The van der Waals surface area contributed by atoms with E-state index in [4.69, 9.17) is 0 Å². The fraction of sp³-hybridized carbons (Fsp3) is 0.105. The van der Waals surface area contributed by atoms with Crippen LogP contribution in [0.1, 0.15) is 17.3 Å². The van der Waals surface area contributed by atoms with E-state index in [0.717, 1.165) is 0 Å². The third-order valence-electron chi connectivity index (χ3n) is 3.91. The molecule has 0 saturated carbocycles. The third-order valence-corrected chi connectivity index (χ3v) is 5.20. The second kappa shape index (κ2) is 7.55. The van der Waals surface area contributed by atoms with Gasteiger partial charge in [0.1, 0.15) is 5.69 Å². The van der Waals surface area contributed by atoms with E-state index in [1.54, 1.807) is 54.6 Å². The van der Waals surface area contributed by atoms with Gasteiger partial charge in [0.15, 0.2) is 5.75 Å². The molecule has 0 aliphatic rings. The summed E-state index contributed by atoms with van der Waals surface area (Å²) in [4.78, 5) is 12.1. The lowest BCUT2D eigenvalue weighted by atomic mass is 10.1. The number of rotatable bonds is 5. The molecule has 138 valence electrons. The monoisotopic (exact) mass is 383 g/mol. The second-order valence-corrected chi connectivity index (χ2v) is 7.73. The van der Waals surface area contributed by atoms with Crippen molar-refractivity contribution in [3.05, 3.63) is 66.2 Å². The molecule has 0 radical (unpaired) electrons. The number of benzene rings is 3. The minimum atomic E-state index is -3.54. The molecule has 0 saturated heterocycles. The van der Waals surface area contributed by atoms with Gasteiger partial charge < -0.3 is 5.11 Å². The fourth-order valence-electron chi connectivity index (χ4n) is 2.48. The topological polar surface area (TPSA) is 108 Å². The van der Waals surface area contributed by atoms with Gasteiger partial charge in [0, 0.05) is 16.3 Å². The van der Waals surface area contributed by atoms with Crippen LogP contribution < -0.4 is 4.72 Å². The first kappa shape index (κ1) is 18.5. The normalized spacial score (nSPS) is 11.7. The van der Waals surface area contributed by atoms with Gasteiger partial charge in [0.25, 0.3) is 5.91 Å². The van der Waals surface area contributed by atoms with Gasteiger partial charge in [-0.25, -0.2) is 8.42 Å². The predicted octanol–water partition coefficient (Wildman–Crippen LogP) is 4.23. The van der Waals surface area contributed by atoms with E-state index in [1.165, 1.54) is 13.0 Å². The number of amides is 1. The van der Waals surface area contributed by atoms with Crippen molar-refractivity contribution in [3.8, 4) is 5.75 Å². The Labute approximate surface area is 156 Å². The average Bonchev–Trinajstić information content (AvgIpc) is 2.69. The lowest BCUT2D eigenvalue weighted by Gasteiger charge is -2.12. The molecule has 0 aliphatic heterocycles. The summed E-state index contributed by atoms with van der Waals surface area (Å²) in [7, 11) is -3.54. The number of hydrogen-bond donors (Lipinski definition) is 2. The Morgan fingerprint density at radius 2 is 1.67 bits per heavy atom. The highest BCUT2D eigenvalue weighted by atomic mass is 32.2. The number of nitrogens with one attached hydrogen (secondary N) is 1. The number of nitrogens with zero attached hydrogens (tertiary/aromatic N) is 2. The Kier molecular flexibility index (Phi) is 5.18. The van der Waals surface area contributed by atoms with Gasteiger partial charge in [-0.3, -0.25) is 9.52 Å². The van der Waals surface area contributed by atoms with Gasteiger partial charge >= 0.3 is 0 Å². The molecule has 1 amide bonds. The second-order valence-electron chi connectivity index (χ2n) is 5.71. The molecule has 3 aromatic rings. The average molecular weight is 383 g/mol. The maximum absolute atomic E-state index is 12.1. The summed E-state index contributed by atoms with van der Waals surface area (Å²) in [6.07, 6.45) is 0. The van der Waals surface area contributed by atoms with Gasteiger partial charge in [-0.1, -0.05) is 42.5 Å². The van der Waals surface area contributed by atoms with Gasteiger partial charge in [-0.05, 0) is 25.1 Å². The van der Waals surface area contributed by atoms with E-state index in [-0.39, 0.29) is 22.9 Å². The van der Waals surface area contributed by atoms with Crippen molar-refractivity contribution in [2.24, 2.45) is 10.2 Å². The predicted molar refractivity (Wildman–Crippen MR) is 104 cm³/mol. The van der Waals surface area contributed by atoms with Crippen LogP contribution in [0.2, 0.25) is 0 Å². The Morgan fingerprint density at radius 3 is 2.33 bits per heavy atom. The number of hydrogen-bond acceptors (Lipinski definition) is 5. The van der Waals surface area contributed by atoms with Crippen molar-refractivity contribution in [1.29, 1.82) is 0 Å². The van der Waals surface area contributed by atoms with E-state index >= 15 is 0 Å². The molecule has 27 heavy (non-hydrogen) atoms. The first-order valence-corrected chi connectivity index (χ1v) is 9.83. The lowest BCUT2D eigenvalue weighted by molar-refractivity contribution is 0.0995. The van der Waals surface area contributed by atoms with E-state index in [1.807, 2.05) is 0 Å². The van der Waals surface area contributed by atoms with Crippen molar-refractivity contribution >= 4 is 38.1 Å². The summed E-state index contributed by atoms with van der Waals surface area (Å²) in [5.74, 6) is -0.862. The molecular formula is C19H17N3O4S. The molecule has 0 spiro atoms. The highest BCUT2D eigenvalue weighted by Gasteiger charge is 2.15. The summed E-state index contributed by atoms with van der Waals surface area (Å²) in [5.41, 5.74) is 0.603. The lowest BCUT2D eigenvalue weighted by Crippen LogP contribution is -2.14. The molecule has 2 N–H and O–H groups in total. The fourth-order valence-corrected chi connectivity index (χ4v) is 3.13. The first-order chi connectivity index (χ1) is 12.9. The third kappa shape index (κ3) is 4.12. The van der Waals surface area contributed by atoms with Crippen molar-refractivity contribution < 1.29 is 18.3 Å². The van der Waals surface area contributed by atoms with Crippen LogP contribution in [0.15, 0.2) is 70.9 Å². The number of phenols is 1. The Balaban J connectivity index is 2.06. The minimum Gasteiger partial charge on any atom is -0.505 e. The van der Waals surface area contributed by atoms with Crippen LogP contribution in [0, 0.1) is 0 Å². The smallest absolute Gasteiger partial charge is 0.295 e. The molecule has 0 unspecified atom stereocenters. The van der Waals surface area contributed by atoms with Gasteiger partial charge in [0.05, 0.1) is 11.4 Å². The summed E-state index contributed by atoms with van der Waals surface area (Å²) < 4.78 is 26.4. The number of carbonyl (C=O) groups is 1. The van der Waals surface area contributed by atoms with E-state index < -0.39 is 15.9 Å². The molecule has 0 aromatic heterocycles. The molecule has 0 aliphatic carbocycles. The van der Waals surface area contributed by atoms with E-state index in [9.17, 15) is 18.3 Å². The highest BCUT2D eigenvalue weighted by Crippen LogP contribution is 2.40. The van der Waals surface area contributed by atoms with Crippen LogP contribution >= 0.6 is 0 Å². The SMILES string of the molecule is CCS(=O)(=O)Nc1cc(N=NC(=O)c2ccccc2)c(O)c2ccccc12. The minimum absolute atomic E-state index is 0.00761. The molecule has 3 aromatic carbocycles. The molecular weight excluding hydrogens is 366 g/mol. The van der Waals surface area contributed by atoms with Crippen molar-refractivity contribution in [3.63, 3.8) is 0 Å². The Morgan fingerprint density at radius 1 is 1.04 bits per heavy atom. The van der Waals surface area contributed by atoms with Crippen LogP contribution in [0.4, 0.5) is 11.4 Å². The number of fused-ring (bicyclic) bond motifs is 1. The zero-order chi connectivity index (χ0) is 19.4. The van der Waals surface area contributed by atoms with E-state index in [0.29, 0.717) is 16.3 Å². The summed E-state index contributed by atoms with van der Waals surface area (Å²) in [5, 5.41) is 18.9. The molecule has 7 nitrogen and oxygen atoms in total. The van der Waals surface area contributed by atoms with Crippen LogP contribution in [0.3, 0.4) is 0 Å². The Hall–Kier alpha value is -3.26. The van der Waals surface area contributed by atoms with Gasteiger partial charge in [-0.2, -0.15) is 0 Å². The first-order valence-electron chi connectivity index (χ1n) is 8.17. The van der Waals surface area contributed by atoms with Gasteiger partial charge in [0.2, 0.25) is 10.0 Å². The Bertz CT molecular complexity index is 1130. The maximum Gasteiger partial charge on any atom is 0.295 e. The molecule has 0 atom stereocenters. The standard InChI is InChI=1S/C19H17N3O4S/c1-2-27(25,26)22-16-12-17(18(23)15-11-7-6-10-14(15)16)20-21-19(24)13-8-4-3-5-9-13/h3-12,22-23H,2H2,1H3. The van der Waals surface area contributed by atoms with Gasteiger partial charge in [-0.15, -0.1) is 10.2 Å². The summed E-state index contributed by atoms with van der Waals surface area (Å²) in [6, 6.07) is 16.5. The number of anilines is 1. The number of sulfonamides is 1. The molecule has 0 heterocycles. The van der Waals surface area contributed by atoms with E-state index in [2.05, 4.69) is 15.0 Å². The zero-order valence-electron chi connectivity index (χ0n) is 14.5. The van der Waals surface area contributed by atoms with Crippen LogP contribution in [0.25, 0.3) is 10.8 Å². The van der Waals surface area contributed by atoms with Crippen molar-refractivity contribution in [2.75, 3.05) is 10.5 Å². The summed E-state index contributed by atoms with van der Waals surface area (Å²) >= 11 is 0. The number of carbonyl (C=O) groups excluding carboxylic acids is 1. The van der Waals surface area contributed by atoms with Crippen molar-refractivity contribution in [2.45, 2.75) is 6.92 Å². The number of phenolic OH excluding ortho intramolecular Hbond substituents is 1. The van der Waals surface area contributed by atoms with Crippen LogP contribution in [0.5, 0.6) is 5.75 Å². The number of aromatic hydroxyl groups is 1. The molecule has 0 fully saturated rings.